The van der Waals surface area contributed by atoms with E-state index in [0.29, 0.717) is 11.6 Å². The predicted octanol–water partition coefficient (Wildman–Crippen LogP) is 6.15. The van der Waals surface area contributed by atoms with Gasteiger partial charge in [-0.25, -0.2) is 9.97 Å². The van der Waals surface area contributed by atoms with Crippen molar-refractivity contribution in [2.45, 2.75) is 6.18 Å². The summed E-state index contributed by atoms with van der Waals surface area (Å²) in [6, 6.07) is 16.2. The van der Waals surface area contributed by atoms with Crippen LogP contribution < -0.4 is 20.9 Å². The van der Waals surface area contributed by atoms with Gasteiger partial charge in [-0.15, -0.1) is 0 Å². The van der Waals surface area contributed by atoms with E-state index in [1.165, 1.54) is 36.7 Å². The van der Waals surface area contributed by atoms with Crippen LogP contribution in [0, 0.1) is 0 Å². The second-order valence-electron chi connectivity index (χ2n) is 9.94. The van der Waals surface area contributed by atoms with Crippen LogP contribution in [0.1, 0.15) is 26.3 Å². The number of aromatic nitrogens is 2. The monoisotopic (exact) mass is 609 g/mol. The van der Waals surface area contributed by atoms with Crippen LogP contribution >= 0.6 is 11.6 Å². The number of carbonyl (C=O) groups is 2. The number of anilines is 5. The predicted molar refractivity (Wildman–Crippen MR) is 160 cm³/mol. The van der Waals surface area contributed by atoms with Crippen LogP contribution in [0.25, 0.3) is 0 Å². The molecular formula is C30H27ClF3N7O2. The van der Waals surface area contributed by atoms with E-state index >= 15 is 0 Å². The Balaban J connectivity index is 1.19. The Kier molecular flexibility index (Phi) is 8.78. The Labute approximate surface area is 250 Å². The molecule has 1 aromatic heterocycles. The number of halogens is 4. The van der Waals surface area contributed by atoms with Gasteiger partial charge in [0.1, 0.15) is 0 Å². The topological polar surface area (TPSA) is 102 Å². The largest absolute Gasteiger partial charge is 0.416 e. The summed E-state index contributed by atoms with van der Waals surface area (Å²) in [5.41, 5.74) is 1.33. The molecule has 0 aliphatic carbocycles. The molecule has 1 aliphatic rings. The van der Waals surface area contributed by atoms with E-state index in [1.807, 2.05) is 24.3 Å². The molecule has 0 atom stereocenters. The highest BCUT2D eigenvalue weighted by molar-refractivity contribution is 6.34. The molecule has 0 unspecified atom stereocenters. The fourth-order valence-corrected chi connectivity index (χ4v) is 4.63. The molecule has 2 amide bonds. The van der Waals surface area contributed by atoms with Gasteiger partial charge in [-0.1, -0.05) is 17.7 Å². The molecule has 3 N–H and O–H groups in total. The average Bonchev–Trinajstić information content (AvgIpc) is 2.99. The van der Waals surface area contributed by atoms with Gasteiger partial charge in [-0.3, -0.25) is 9.59 Å². The summed E-state index contributed by atoms with van der Waals surface area (Å²) < 4.78 is 39.1. The van der Waals surface area contributed by atoms with Gasteiger partial charge in [0.2, 0.25) is 5.95 Å². The molecule has 3 aromatic carbocycles. The normalized spacial score (nSPS) is 13.8. The standard InChI is InChI=1S/C30H27ClF3N7O2/c1-40-11-13-41(14-12-40)24-8-5-21(6-9-24)39-29-35-17-23(18-36-29)38-28(43)25-16-22(7-10-26(25)31)37-27(42)19-3-2-4-20(15-19)30(32,33)34/h2-10,15-18H,11-14H2,1H3,(H,37,42)(H,38,43)(H,35,36,39). The Bertz CT molecular complexity index is 1610. The first-order valence-electron chi connectivity index (χ1n) is 13.3. The lowest BCUT2D eigenvalue weighted by Crippen LogP contribution is -2.44. The Morgan fingerprint density at radius 3 is 2.14 bits per heavy atom. The number of nitrogens with one attached hydrogen (secondary N) is 3. The minimum Gasteiger partial charge on any atom is -0.369 e. The van der Waals surface area contributed by atoms with Gasteiger partial charge in [0.25, 0.3) is 11.8 Å². The van der Waals surface area contributed by atoms with Gasteiger partial charge in [-0.05, 0) is 67.7 Å². The highest BCUT2D eigenvalue weighted by Gasteiger charge is 2.31. The number of hydrogen-bond donors (Lipinski definition) is 3. The molecule has 1 fully saturated rings. The van der Waals surface area contributed by atoms with Crippen LogP contribution in [-0.4, -0.2) is 59.9 Å². The quantitative estimate of drug-likeness (QED) is 0.231. The van der Waals surface area contributed by atoms with Gasteiger partial charge < -0.3 is 25.8 Å². The Morgan fingerprint density at radius 1 is 0.814 bits per heavy atom. The fourth-order valence-electron chi connectivity index (χ4n) is 4.42. The first kappa shape index (κ1) is 29.8. The lowest BCUT2D eigenvalue weighted by Gasteiger charge is -2.34. The molecule has 4 aromatic rings. The zero-order valence-electron chi connectivity index (χ0n) is 23.0. The molecule has 1 aliphatic heterocycles. The van der Waals surface area contributed by atoms with Crippen molar-refractivity contribution in [3.05, 3.63) is 101 Å². The van der Waals surface area contributed by atoms with Gasteiger partial charge in [0.15, 0.2) is 0 Å². The molecule has 0 spiro atoms. The second kappa shape index (κ2) is 12.7. The van der Waals surface area contributed by atoms with Crippen molar-refractivity contribution in [2.75, 3.05) is 54.1 Å². The number of piperazine rings is 1. The van der Waals surface area contributed by atoms with E-state index in [-0.39, 0.29) is 21.8 Å². The highest BCUT2D eigenvalue weighted by Crippen LogP contribution is 2.30. The lowest BCUT2D eigenvalue weighted by atomic mass is 10.1. The van der Waals surface area contributed by atoms with E-state index in [2.05, 4.69) is 42.8 Å². The fraction of sp³-hybridized carbons (Fsp3) is 0.200. The molecule has 0 saturated carbocycles. The lowest BCUT2D eigenvalue weighted by molar-refractivity contribution is -0.137. The number of amides is 2. The smallest absolute Gasteiger partial charge is 0.369 e. The van der Waals surface area contributed by atoms with E-state index in [9.17, 15) is 22.8 Å². The Hall–Kier alpha value is -4.68. The molecule has 13 heteroatoms. The zero-order chi connectivity index (χ0) is 30.6. The van der Waals surface area contributed by atoms with Gasteiger partial charge in [-0.2, -0.15) is 13.2 Å². The first-order chi connectivity index (χ1) is 20.5. The summed E-state index contributed by atoms with van der Waals surface area (Å²) in [6.07, 6.45) is -1.73. The molecular weight excluding hydrogens is 583 g/mol. The molecule has 0 radical (unpaired) electrons. The number of rotatable bonds is 7. The maximum atomic E-state index is 13.0. The van der Waals surface area contributed by atoms with Crippen LogP contribution in [0.5, 0.6) is 0 Å². The summed E-state index contributed by atoms with van der Waals surface area (Å²) in [7, 11) is 2.12. The van der Waals surface area contributed by atoms with Crippen molar-refractivity contribution in [2.24, 2.45) is 0 Å². The molecule has 43 heavy (non-hydrogen) atoms. The van der Waals surface area contributed by atoms with E-state index in [0.717, 1.165) is 55.8 Å². The summed E-state index contributed by atoms with van der Waals surface area (Å²) in [4.78, 5) is 38.7. The summed E-state index contributed by atoms with van der Waals surface area (Å²) >= 11 is 6.22. The van der Waals surface area contributed by atoms with Crippen LogP contribution in [0.3, 0.4) is 0 Å². The number of likely N-dealkylation sites (N-methyl/N-ethyl adjacent to an activating group) is 1. The van der Waals surface area contributed by atoms with Crippen molar-refractivity contribution >= 4 is 52.1 Å². The first-order valence-corrected chi connectivity index (χ1v) is 13.6. The van der Waals surface area contributed by atoms with Gasteiger partial charge in [0, 0.05) is 48.8 Å². The average molecular weight is 610 g/mol. The Morgan fingerprint density at radius 2 is 1.47 bits per heavy atom. The molecule has 222 valence electrons. The van der Waals surface area contributed by atoms with Crippen LogP contribution in [0.2, 0.25) is 5.02 Å². The zero-order valence-corrected chi connectivity index (χ0v) is 23.7. The minimum atomic E-state index is -4.59. The number of hydrogen-bond acceptors (Lipinski definition) is 7. The number of benzene rings is 3. The third kappa shape index (κ3) is 7.59. The van der Waals surface area contributed by atoms with Crippen LogP contribution in [0.4, 0.5) is 41.9 Å². The van der Waals surface area contributed by atoms with Crippen LogP contribution in [0.15, 0.2) is 79.1 Å². The maximum Gasteiger partial charge on any atom is 0.416 e. The molecule has 9 nitrogen and oxygen atoms in total. The maximum absolute atomic E-state index is 13.0. The third-order valence-electron chi connectivity index (χ3n) is 6.82. The second-order valence-corrected chi connectivity index (χ2v) is 10.3. The number of carbonyl (C=O) groups excluding carboxylic acids is 2. The van der Waals surface area contributed by atoms with Crippen molar-refractivity contribution < 1.29 is 22.8 Å². The van der Waals surface area contributed by atoms with Crippen molar-refractivity contribution in [3.8, 4) is 0 Å². The third-order valence-corrected chi connectivity index (χ3v) is 7.15. The van der Waals surface area contributed by atoms with Crippen molar-refractivity contribution in [3.63, 3.8) is 0 Å². The minimum absolute atomic E-state index is 0.0335. The summed E-state index contributed by atoms with van der Waals surface area (Å²) in [5.74, 6) is -1.03. The number of alkyl halides is 3. The van der Waals surface area contributed by atoms with E-state index < -0.39 is 23.6 Å². The molecule has 2 heterocycles. The summed E-state index contributed by atoms with van der Waals surface area (Å²) in [6.45, 7) is 4.00. The van der Waals surface area contributed by atoms with Crippen molar-refractivity contribution in [1.82, 2.24) is 14.9 Å². The van der Waals surface area contributed by atoms with Crippen molar-refractivity contribution in [1.29, 1.82) is 0 Å². The van der Waals surface area contributed by atoms with Gasteiger partial charge in [0.05, 0.1) is 34.2 Å². The molecule has 5 rings (SSSR count). The highest BCUT2D eigenvalue weighted by atomic mass is 35.5. The van der Waals surface area contributed by atoms with E-state index in [1.54, 1.807) is 0 Å². The number of nitrogens with zero attached hydrogens (tertiary/aromatic N) is 4. The molecule has 0 bridgehead atoms. The summed E-state index contributed by atoms with van der Waals surface area (Å²) in [5, 5.41) is 8.38. The SMILES string of the molecule is CN1CCN(c2ccc(Nc3ncc(NC(=O)c4cc(NC(=O)c5cccc(C(F)(F)F)c5)ccc4Cl)cn3)cc2)CC1. The molecule has 1 saturated heterocycles. The van der Waals surface area contributed by atoms with E-state index in [4.69, 9.17) is 11.6 Å². The van der Waals surface area contributed by atoms with Gasteiger partial charge >= 0.3 is 6.18 Å². The van der Waals surface area contributed by atoms with Crippen LogP contribution in [-0.2, 0) is 6.18 Å².